The SMILES string of the molecule is CCOC(CN1CCOCC1)Cn1cc(C2=CC(=N)C3(CC=C3Nc3cc(C(C)C)cnn3)N=C2)cn1. The Balaban J connectivity index is 1.23. The summed E-state index contributed by atoms with van der Waals surface area (Å²) < 4.78 is 13.4. The van der Waals surface area contributed by atoms with Crippen molar-refractivity contribution in [1.29, 1.82) is 5.41 Å². The Labute approximate surface area is 218 Å². The Morgan fingerprint density at radius 1 is 1.22 bits per heavy atom. The Bertz CT molecular complexity index is 1210. The number of allylic oxidation sites excluding steroid dienone is 1. The molecule has 1 saturated heterocycles. The second-order valence-electron chi connectivity index (χ2n) is 10.0. The van der Waals surface area contributed by atoms with E-state index >= 15 is 0 Å². The van der Waals surface area contributed by atoms with Crippen molar-refractivity contribution in [1.82, 2.24) is 24.9 Å². The summed E-state index contributed by atoms with van der Waals surface area (Å²) in [7, 11) is 0. The van der Waals surface area contributed by atoms with Gasteiger partial charge >= 0.3 is 0 Å². The van der Waals surface area contributed by atoms with Crippen LogP contribution < -0.4 is 5.32 Å². The van der Waals surface area contributed by atoms with Crippen LogP contribution in [-0.2, 0) is 16.0 Å². The number of aromatic nitrogens is 4. The van der Waals surface area contributed by atoms with Gasteiger partial charge in [0.05, 0.1) is 44.0 Å². The number of morpholine rings is 1. The summed E-state index contributed by atoms with van der Waals surface area (Å²) in [6, 6.07) is 2.00. The molecule has 10 nitrogen and oxygen atoms in total. The van der Waals surface area contributed by atoms with Gasteiger partial charge in [0, 0.05) is 61.9 Å². The van der Waals surface area contributed by atoms with Crippen LogP contribution >= 0.6 is 0 Å². The molecule has 10 heteroatoms. The number of dihydropyridines is 1. The highest BCUT2D eigenvalue weighted by molar-refractivity contribution is 6.23. The molecule has 2 aromatic heterocycles. The van der Waals surface area contributed by atoms with Gasteiger partial charge in [-0.05, 0) is 30.5 Å². The third-order valence-corrected chi connectivity index (χ3v) is 7.15. The first-order chi connectivity index (χ1) is 18.0. The van der Waals surface area contributed by atoms with Gasteiger partial charge in [0.25, 0.3) is 0 Å². The summed E-state index contributed by atoms with van der Waals surface area (Å²) >= 11 is 0. The van der Waals surface area contributed by atoms with Crippen LogP contribution in [-0.4, -0.2) is 87.9 Å². The van der Waals surface area contributed by atoms with Crippen LogP contribution in [0.1, 0.15) is 44.2 Å². The van der Waals surface area contributed by atoms with Crippen LogP contribution in [0.4, 0.5) is 5.82 Å². The predicted octanol–water partition coefficient (Wildman–Crippen LogP) is 3.16. The van der Waals surface area contributed by atoms with Crippen molar-refractivity contribution in [2.45, 2.75) is 51.3 Å². The van der Waals surface area contributed by atoms with Gasteiger partial charge < -0.3 is 20.2 Å². The Morgan fingerprint density at radius 2 is 2.05 bits per heavy atom. The number of anilines is 1. The first kappa shape index (κ1) is 25.4. The largest absolute Gasteiger partial charge is 0.379 e. The molecule has 1 aliphatic carbocycles. The summed E-state index contributed by atoms with van der Waals surface area (Å²) in [6.45, 7) is 11.9. The average molecular weight is 505 g/mol. The van der Waals surface area contributed by atoms with E-state index in [4.69, 9.17) is 19.9 Å². The van der Waals surface area contributed by atoms with Crippen LogP contribution in [0.5, 0.6) is 0 Å². The fourth-order valence-electron chi connectivity index (χ4n) is 4.84. The molecule has 4 heterocycles. The molecule has 2 unspecified atom stereocenters. The lowest BCUT2D eigenvalue weighted by Gasteiger charge is -2.40. The van der Waals surface area contributed by atoms with Crippen molar-refractivity contribution in [3.05, 3.63) is 53.6 Å². The van der Waals surface area contributed by atoms with E-state index in [0.29, 0.717) is 37.0 Å². The highest BCUT2D eigenvalue weighted by Gasteiger charge is 2.44. The lowest BCUT2D eigenvalue weighted by Crippen LogP contribution is -2.47. The minimum absolute atomic E-state index is 0.0532. The smallest absolute Gasteiger partial charge is 0.153 e. The van der Waals surface area contributed by atoms with Gasteiger partial charge in [0.2, 0.25) is 0 Å². The van der Waals surface area contributed by atoms with E-state index in [1.54, 1.807) is 6.20 Å². The first-order valence-corrected chi connectivity index (χ1v) is 13.1. The zero-order valence-corrected chi connectivity index (χ0v) is 21.9. The lowest BCUT2D eigenvalue weighted by molar-refractivity contribution is -0.0153. The molecule has 2 aromatic rings. The Kier molecular flexibility index (Phi) is 7.59. The molecule has 0 saturated carbocycles. The van der Waals surface area contributed by atoms with Gasteiger partial charge in [-0.1, -0.05) is 19.9 Å². The molecule has 0 aromatic carbocycles. The summed E-state index contributed by atoms with van der Waals surface area (Å²) in [5, 5.41) is 25.1. The highest BCUT2D eigenvalue weighted by atomic mass is 16.5. The van der Waals surface area contributed by atoms with Gasteiger partial charge in [0.15, 0.2) is 5.82 Å². The molecule has 2 atom stereocenters. The van der Waals surface area contributed by atoms with Gasteiger partial charge in [-0.15, -0.1) is 5.10 Å². The van der Waals surface area contributed by atoms with Gasteiger partial charge in [-0.25, -0.2) is 0 Å². The maximum atomic E-state index is 8.83. The number of hydrogen-bond donors (Lipinski definition) is 2. The number of rotatable bonds is 10. The minimum atomic E-state index is -0.687. The van der Waals surface area contributed by atoms with Crippen molar-refractivity contribution in [3.8, 4) is 0 Å². The minimum Gasteiger partial charge on any atom is -0.379 e. The van der Waals surface area contributed by atoms with Crippen molar-refractivity contribution in [2.75, 3.05) is 44.8 Å². The molecule has 37 heavy (non-hydrogen) atoms. The highest BCUT2D eigenvalue weighted by Crippen LogP contribution is 2.40. The Hall–Kier alpha value is -3.21. The molecular formula is C27H36N8O2. The summed E-state index contributed by atoms with van der Waals surface area (Å²) in [5.41, 5.74) is 3.58. The second kappa shape index (κ2) is 11.0. The third kappa shape index (κ3) is 5.56. The van der Waals surface area contributed by atoms with Crippen molar-refractivity contribution >= 4 is 23.3 Å². The van der Waals surface area contributed by atoms with E-state index in [1.165, 1.54) is 0 Å². The van der Waals surface area contributed by atoms with E-state index in [-0.39, 0.29) is 6.10 Å². The van der Waals surface area contributed by atoms with Crippen LogP contribution in [0, 0.1) is 5.41 Å². The lowest BCUT2D eigenvalue weighted by atomic mass is 9.75. The number of nitrogens with zero attached hydrogens (tertiary/aromatic N) is 6. The molecule has 1 spiro atoms. The zero-order valence-electron chi connectivity index (χ0n) is 21.9. The topological polar surface area (TPSA) is 114 Å². The Morgan fingerprint density at radius 3 is 2.76 bits per heavy atom. The third-order valence-electron chi connectivity index (χ3n) is 7.15. The normalized spacial score (nSPS) is 22.6. The molecule has 2 N–H and O–H groups in total. The summed E-state index contributed by atoms with van der Waals surface area (Å²) in [6.07, 6.45) is 12.2. The fourth-order valence-corrected chi connectivity index (χ4v) is 4.84. The molecule has 5 rings (SSSR count). The van der Waals surface area contributed by atoms with Gasteiger partial charge in [0.1, 0.15) is 5.54 Å². The van der Waals surface area contributed by atoms with E-state index in [9.17, 15) is 0 Å². The van der Waals surface area contributed by atoms with E-state index in [1.807, 2.05) is 42.4 Å². The molecule has 3 aliphatic rings. The molecular weight excluding hydrogens is 468 g/mol. The maximum absolute atomic E-state index is 8.83. The van der Waals surface area contributed by atoms with Crippen LogP contribution in [0.2, 0.25) is 0 Å². The van der Waals surface area contributed by atoms with Crippen molar-refractivity contribution in [3.63, 3.8) is 0 Å². The van der Waals surface area contributed by atoms with Crippen LogP contribution in [0.15, 0.2) is 47.5 Å². The van der Waals surface area contributed by atoms with E-state index < -0.39 is 5.54 Å². The van der Waals surface area contributed by atoms with Crippen LogP contribution in [0.25, 0.3) is 5.57 Å². The molecule has 0 bridgehead atoms. The fraction of sp³-hybridized carbons (Fsp3) is 0.519. The number of nitrogens with one attached hydrogen (secondary N) is 2. The molecule has 1 fully saturated rings. The van der Waals surface area contributed by atoms with Crippen molar-refractivity contribution in [2.24, 2.45) is 4.99 Å². The first-order valence-electron chi connectivity index (χ1n) is 13.1. The quantitative estimate of drug-likeness (QED) is 0.511. The monoisotopic (exact) mass is 504 g/mol. The average Bonchev–Trinajstić information content (AvgIpc) is 3.36. The van der Waals surface area contributed by atoms with Gasteiger partial charge in [-0.3, -0.25) is 14.6 Å². The van der Waals surface area contributed by atoms with E-state index in [0.717, 1.165) is 55.2 Å². The van der Waals surface area contributed by atoms with E-state index in [2.05, 4.69) is 45.4 Å². The maximum Gasteiger partial charge on any atom is 0.153 e. The molecule has 196 valence electrons. The van der Waals surface area contributed by atoms with Gasteiger partial charge in [-0.2, -0.15) is 10.2 Å². The molecule has 0 amide bonds. The molecule has 0 radical (unpaired) electrons. The van der Waals surface area contributed by atoms with Crippen molar-refractivity contribution < 1.29 is 9.47 Å². The zero-order chi connectivity index (χ0) is 25.8. The predicted molar refractivity (Wildman–Crippen MR) is 144 cm³/mol. The standard InChI is InChI=1S/C27H36N8O2/c1-4-37-23(17-34-7-9-36-10-8-34)18-35-16-22(15-31-35)21-11-24(28)27(29-13-21)6-5-25(27)32-26-12-20(19(2)3)14-30-33-26/h5,11-16,19,23,28H,4,6-10,17-18H2,1-3H3,(H,32,33). The summed E-state index contributed by atoms with van der Waals surface area (Å²) in [4.78, 5) is 7.22. The van der Waals surface area contributed by atoms with Crippen LogP contribution in [0.3, 0.4) is 0 Å². The number of ether oxygens (including phenoxy) is 2. The molecule has 2 aliphatic heterocycles. The second-order valence-corrected chi connectivity index (χ2v) is 10.0. The number of aliphatic imine (C=N–C) groups is 1. The number of hydrogen-bond acceptors (Lipinski definition) is 9. The summed E-state index contributed by atoms with van der Waals surface area (Å²) in [5.74, 6) is 1.04.